The zero-order valence-corrected chi connectivity index (χ0v) is 7.63. The molecule has 0 spiro atoms. The molecule has 0 aromatic heterocycles. The molecule has 64 valence electrons. The Kier molecular flexibility index (Phi) is 2.66. The highest BCUT2D eigenvalue weighted by Gasteiger charge is 2.27. The molecular formula is C9H17NO. The summed E-state index contributed by atoms with van der Waals surface area (Å²) in [6, 6.07) is 0. The first-order valence-corrected chi connectivity index (χ1v) is 4.32. The van der Waals surface area contributed by atoms with E-state index in [1.807, 2.05) is 0 Å². The Morgan fingerprint density at radius 3 is 2.64 bits per heavy atom. The molecule has 0 saturated carbocycles. The van der Waals surface area contributed by atoms with E-state index >= 15 is 0 Å². The predicted molar refractivity (Wildman–Crippen MR) is 45.4 cm³/mol. The van der Waals surface area contributed by atoms with E-state index in [0.717, 1.165) is 19.5 Å². The van der Waals surface area contributed by atoms with E-state index in [1.54, 1.807) is 0 Å². The quantitative estimate of drug-likeness (QED) is 0.566. The minimum absolute atomic E-state index is 0.286. The third-order valence-electron chi connectivity index (χ3n) is 2.47. The number of carbonyl (C=O) groups excluding carboxylic acids is 1. The van der Waals surface area contributed by atoms with Gasteiger partial charge in [-0.05, 0) is 13.0 Å². The van der Waals surface area contributed by atoms with Gasteiger partial charge in [0.2, 0.25) is 0 Å². The fraction of sp³-hybridized carbons (Fsp3) is 0.889. The van der Waals surface area contributed by atoms with E-state index in [2.05, 4.69) is 25.8 Å². The number of carbonyl (C=O) groups is 1. The topological polar surface area (TPSA) is 20.3 Å². The van der Waals surface area contributed by atoms with Crippen LogP contribution in [0.1, 0.15) is 20.3 Å². The van der Waals surface area contributed by atoms with Gasteiger partial charge in [-0.2, -0.15) is 0 Å². The second kappa shape index (κ2) is 3.35. The highest BCUT2D eigenvalue weighted by molar-refractivity contribution is 5.82. The van der Waals surface area contributed by atoms with E-state index in [9.17, 15) is 4.79 Å². The monoisotopic (exact) mass is 155 g/mol. The molecule has 1 unspecified atom stereocenters. The summed E-state index contributed by atoms with van der Waals surface area (Å²) in [7, 11) is 2.09. The van der Waals surface area contributed by atoms with Crippen molar-refractivity contribution < 1.29 is 4.79 Å². The van der Waals surface area contributed by atoms with Gasteiger partial charge in [-0.15, -0.1) is 0 Å². The van der Waals surface area contributed by atoms with Crippen molar-refractivity contribution >= 4 is 5.78 Å². The van der Waals surface area contributed by atoms with E-state index < -0.39 is 0 Å². The van der Waals surface area contributed by atoms with E-state index in [4.69, 9.17) is 0 Å². The molecular weight excluding hydrogens is 138 g/mol. The molecule has 0 radical (unpaired) electrons. The van der Waals surface area contributed by atoms with Crippen LogP contribution in [0.15, 0.2) is 0 Å². The van der Waals surface area contributed by atoms with Gasteiger partial charge in [-0.1, -0.05) is 13.8 Å². The Balaban J connectivity index is 2.54. The first kappa shape index (κ1) is 8.72. The molecule has 1 aliphatic heterocycles. The summed E-state index contributed by atoms with van der Waals surface area (Å²) in [4.78, 5) is 13.6. The number of hydrogen-bond donors (Lipinski definition) is 0. The molecule has 2 heteroatoms. The molecule has 1 heterocycles. The summed E-state index contributed by atoms with van der Waals surface area (Å²) in [6.07, 6.45) is 0.749. The van der Waals surface area contributed by atoms with Gasteiger partial charge in [0.15, 0.2) is 0 Å². The Morgan fingerprint density at radius 1 is 1.55 bits per heavy atom. The largest absolute Gasteiger partial charge is 0.305 e. The number of Topliss-reactive ketones (excluding diaryl/α,β-unsaturated/α-hetero) is 1. The second-order valence-corrected chi connectivity index (χ2v) is 3.83. The van der Waals surface area contributed by atoms with Crippen molar-refractivity contribution in [2.24, 2.45) is 11.8 Å². The van der Waals surface area contributed by atoms with Crippen LogP contribution in [0.5, 0.6) is 0 Å². The van der Waals surface area contributed by atoms with Crippen molar-refractivity contribution in [2.45, 2.75) is 20.3 Å². The van der Waals surface area contributed by atoms with Gasteiger partial charge in [0.1, 0.15) is 5.78 Å². The van der Waals surface area contributed by atoms with Gasteiger partial charge in [0.05, 0.1) is 0 Å². The molecule has 1 aliphatic rings. The van der Waals surface area contributed by atoms with Crippen molar-refractivity contribution in [1.29, 1.82) is 0 Å². The van der Waals surface area contributed by atoms with Gasteiger partial charge in [0.25, 0.3) is 0 Å². The SMILES string of the molecule is CC(C)C1CN(C)CCC1=O. The summed E-state index contributed by atoms with van der Waals surface area (Å²) in [6.45, 7) is 6.15. The predicted octanol–water partition coefficient (Wildman–Crippen LogP) is 1.16. The molecule has 0 bridgehead atoms. The van der Waals surface area contributed by atoms with Crippen molar-refractivity contribution in [3.63, 3.8) is 0 Å². The van der Waals surface area contributed by atoms with E-state index in [0.29, 0.717) is 11.7 Å². The van der Waals surface area contributed by atoms with Gasteiger partial charge < -0.3 is 4.90 Å². The Labute approximate surface area is 68.6 Å². The number of hydrogen-bond acceptors (Lipinski definition) is 2. The maximum atomic E-state index is 11.4. The third-order valence-corrected chi connectivity index (χ3v) is 2.47. The van der Waals surface area contributed by atoms with E-state index in [1.165, 1.54) is 0 Å². The standard InChI is InChI=1S/C9H17NO/c1-7(2)8-6-10(3)5-4-9(8)11/h7-8H,4-6H2,1-3H3. The molecule has 1 fully saturated rings. The third kappa shape index (κ3) is 2.03. The number of rotatable bonds is 1. The number of ketones is 1. The summed E-state index contributed by atoms with van der Waals surface area (Å²) in [5, 5.41) is 0. The summed E-state index contributed by atoms with van der Waals surface area (Å²) < 4.78 is 0. The van der Waals surface area contributed by atoms with Gasteiger partial charge in [-0.3, -0.25) is 4.79 Å². The van der Waals surface area contributed by atoms with E-state index in [-0.39, 0.29) is 5.92 Å². The van der Waals surface area contributed by atoms with Gasteiger partial charge in [-0.25, -0.2) is 0 Å². The number of likely N-dealkylation sites (tertiary alicyclic amines) is 1. The maximum Gasteiger partial charge on any atom is 0.138 e. The zero-order chi connectivity index (χ0) is 8.43. The van der Waals surface area contributed by atoms with Crippen LogP contribution in [0, 0.1) is 11.8 Å². The minimum atomic E-state index is 0.286. The van der Waals surface area contributed by atoms with Crippen LogP contribution in [-0.2, 0) is 4.79 Å². The molecule has 0 aromatic rings. The molecule has 1 rings (SSSR count). The smallest absolute Gasteiger partial charge is 0.138 e. The zero-order valence-electron chi connectivity index (χ0n) is 7.63. The highest BCUT2D eigenvalue weighted by atomic mass is 16.1. The molecule has 2 nitrogen and oxygen atoms in total. The lowest BCUT2D eigenvalue weighted by Gasteiger charge is -2.30. The van der Waals surface area contributed by atoms with Gasteiger partial charge >= 0.3 is 0 Å². The molecule has 0 aliphatic carbocycles. The normalized spacial score (nSPS) is 28.0. The molecule has 0 N–H and O–H groups in total. The highest BCUT2D eigenvalue weighted by Crippen LogP contribution is 2.19. The summed E-state index contributed by atoms with van der Waals surface area (Å²) >= 11 is 0. The van der Waals surface area contributed by atoms with Crippen LogP contribution in [-0.4, -0.2) is 30.8 Å². The van der Waals surface area contributed by atoms with Crippen LogP contribution in [0.25, 0.3) is 0 Å². The van der Waals surface area contributed by atoms with Crippen LogP contribution in [0.2, 0.25) is 0 Å². The first-order valence-electron chi connectivity index (χ1n) is 4.32. The Morgan fingerprint density at radius 2 is 2.18 bits per heavy atom. The lowest BCUT2D eigenvalue weighted by atomic mass is 9.87. The second-order valence-electron chi connectivity index (χ2n) is 3.83. The number of piperidine rings is 1. The summed E-state index contributed by atoms with van der Waals surface area (Å²) in [5.74, 6) is 1.25. The van der Waals surface area contributed by atoms with Crippen molar-refractivity contribution in [3.05, 3.63) is 0 Å². The molecule has 0 aromatic carbocycles. The lowest BCUT2D eigenvalue weighted by molar-refractivity contribution is -0.127. The van der Waals surface area contributed by atoms with Crippen molar-refractivity contribution in [2.75, 3.05) is 20.1 Å². The Bertz CT molecular complexity index is 154. The first-order chi connectivity index (χ1) is 5.11. The van der Waals surface area contributed by atoms with Crippen LogP contribution < -0.4 is 0 Å². The summed E-state index contributed by atoms with van der Waals surface area (Å²) in [5.41, 5.74) is 0. The molecule has 1 saturated heterocycles. The molecule has 11 heavy (non-hydrogen) atoms. The lowest BCUT2D eigenvalue weighted by Crippen LogP contribution is -2.40. The van der Waals surface area contributed by atoms with Crippen LogP contribution >= 0.6 is 0 Å². The maximum absolute atomic E-state index is 11.4. The van der Waals surface area contributed by atoms with Crippen molar-refractivity contribution in [3.8, 4) is 0 Å². The average Bonchev–Trinajstić information content (AvgIpc) is 1.94. The van der Waals surface area contributed by atoms with Gasteiger partial charge in [0, 0.05) is 25.4 Å². The van der Waals surface area contributed by atoms with Crippen LogP contribution in [0.3, 0.4) is 0 Å². The minimum Gasteiger partial charge on any atom is -0.305 e. The van der Waals surface area contributed by atoms with Crippen LogP contribution in [0.4, 0.5) is 0 Å². The number of nitrogens with zero attached hydrogens (tertiary/aromatic N) is 1. The average molecular weight is 155 g/mol. The molecule has 0 amide bonds. The fourth-order valence-corrected chi connectivity index (χ4v) is 1.60. The Hall–Kier alpha value is -0.370. The molecule has 1 atom stereocenters. The fourth-order valence-electron chi connectivity index (χ4n) is 1.60. The van der Waals surface area contributed by atoms with Crippen molar-refractivity contribution in [1.82, 2.24) is 4.90 Å².